The Kier molecular flexibility index (Phi) is 2.87. The summed E-state index contributed by atoms with van der Waals surface area (Å²) in [4.78, 5) is 20.5. The fraction of sp³-hybridized carbons (Fsp3) is 0.375. The highest BCUT2D eigenvalue weighted by atomic mass is 32.1. The van der Waals surface area contributed by atoms with Crippen LogP contribution in [0, 0.1) is 5.92 Å². The number of fused-ring (bicyclic) bond motifs is 1. The van der Waals surface area contributed by atoms with Crippen molar-refractivity contribution in [3.8, 4) is 10.6 Å². The summed E-state index contributed by atoms with van der Waals surface area (Å²) in [5.74, 6) is 0.363. The van der Waals surface area contributed by atoms with Crippen LogP contribution >= 0.6 is 11.3 Å². The summed E-state index contributed by atoms with van der Waals surface area (Å²) in [6.07, 6.45) is 3.32. The van der Waals surface area contributed by atoms with E-state index in [1.807, 2.05) is 35.2 Å². The Bertz CT molecular complexity index is 685. The number of hydrogen-bond donors (Lipinski definition) is 1. The average Bonchev–Trinajstić information content (AvgIpc) is 2.96. The maximum Gasteiger partial charge on any atom is 0.263 e. The first-order chi connectivity index (χ1) is 10.2. The van der Waals surface area contributed by atoms with Gasteiger partial charge >= 0.3 is 0 Å². The lowest BCUT2D eigenvalue weighted by Gasteiger charge is -2.28. The molecule has 0 aromatic carbocycles. The fourth-order valence-electron chi connectivity index (χ4n) is 3.03. The van der Waals surface area contributed by atoms with Crippen LogP contribution in [-0.2, 0) is 0 Å². The van der Waals surface area contributed by atoms with Crippen LogP contribution in [0.2, 0.25) is 0 Å². The van der Waals surface area contributed by atoms with Crippen LogP contribution in [0.1, 0.15) is 22.5 Å². The van der Waals surface area contributed by atoms with Gasteiger partial charge in [0, 0.05) is 25.2 Å². The monoisotopic (exact) mass is 300 g/mol. The number of aliphatic hydroxyl groups is 1. The highest BCUT2D eigenvalue weighted by Gasteiger charge is 2.56. The van der Waals surface area contributed by atoms with Crippen molar-refractivity contribution in [1.82, 2.24) is 9.88 Å². The molecule has 1 saturated carbocycles. The third kappa shape index (κ3) is 2.26. The summed E-state index contributed by atoms with van der Waals surface area (Å²) < 4.78 is 0. The minimum atomic E-state index is -0.467. The number of aromatic nitrogens is 1. The largest absolute Gasteiger partial charge is 0.389 e. The molecule has 1 aliphatic carbocycles. The van der Waals surface area contributed by atoms with Gasteiger partial charge in [0.1, 0.15) is 0 Å². The number of nitrogens with zero attached hydrogens (tertiary/aromatic N) is 2. The van der Waals surface area contributed by atoms with Gasteiger partial charge in [0.25, 0.3) is 5.91 Å². The number of hydrogen-bond acceptors (Lipinski definition) is 4. The van der Waals surface area contributed by atoms with Gasteiger partial charge in [-0.2, -0.15) is 0 Å². The second kappa shape index (κ2) is 4.64. The Balaban J connectivity index is 1.52. The van der Waals surface area contributed by atoms with Gasteiger partial charge in [-0.05, 0) is 37.1 Å². The van der Waals surface area contributed by atoms with Crippen molar-refractivity contribution in [2.75, 3.05) is 13.1 Å². The van der Waals surface area contributed by atoms with Gasteiger partial charge in [-0.1, -0.05) is 6.07 Å². The summed E-state index contributed by atoms with van der Waals surface area (Å²) in [7, 11) is 0. The van der Waals surface area contributed by atoms with Crippen LogP contribution in [-0.4, -0.2) is 39.6 Å². The van der Waals surface area contributed by atoms with E-state index >= 15 is 0 Å². The van der Waals surface area contributed by atoms with Gasteiger partial charge in [0.15, 0.2) is 0 Å². The molecule has 108 valence electrons. The van der Waals surface area contributed by atoms with Crippen LogP contribution in [0.4, 0.5) is 0 Å². The van der Waals surface area contributed by atoms with E-state index in [1.54, 1.807) is 6.20 Å². The smallest absolute Gasteiger partial charge is 0.263 e. The summed E-state index contributed by atoms with van der Waals surface area (Å²) in [5.41, 5.74) is 0.433. The fourth-order valence-corrected chi connectivity index (χ4v) is 3.98. The minimum absolute atomic E-state index is 0.0798. The van der Waals surface area contributed by atoms with Crippen LogP contribution in [0.25, 0.3) is 10.6 Å². The lowest BCUT2D eigenvalue weighted by atomic mass is 10.1. The first-order valence-corrected chi connectivity index (χ1v) is 8.00. The predicted octanol–water partition coefficient (Wildman–Crippen LogP) is 2.41. The van der Waals surface area contributed by atoms with Crippen LogP contribution in [0.15, 0.2) is 36.5 Å². The van der Waals surface area contributed by atoms with E-state index < -0.39 is 5.60 Å². The first kappa shape index (κ1) is 13.0. The number of thiophene rings is 1. The number of rotatable bonds is 2. The number of likely N-dealkylation sites (tertiary alicyclic amines) is 1. The summed E-state index contributed by atoms with van der Waals surface area (Å²) in [6.45, 7) is 1.34. The van der Waals surface area contributed by atoms with E-state index in [1.165, 1.54) is 11.3 Å². The molecular formula is C16H16N2O2S. The zero-order valence-electron chi connectivity index (χ0n) is 11.5. The molecule has 5 heteroatoms. The Morgan fingerprint density at radius 2 is 2.29 bits per heavy atom. The molecule has 1 aliphatic heterocycles. The Morgan fingerprint density at radius 1 is 1.38 bits per heavy atom. The molecule has 2 aromatic heterocycles. The molecule has 2 aliphatic rings. The van der Waals surface area contributed by atoms with Crippen molar-refractivity contribution in [2.45, 2.75) is 18.4 Å². The van der Waals surface area contributed by atoms with Crippen molar-refractivity contribution >= 4 is 17.2 Å². The molecule has 0 unspecified atom stereocenters. The molecule has 2 aromatic rings. The summed E-state index contributed by atoms with van der Waals surface area (Å²) in [5, 5.41) is 10.0. The molecule has 1 amide bonds. The Morgan fingerprint density at radius 3 is 3.05 bits per heavy atom. The van der Waals surface area contributed by atoms with Crippen molar-refractivity contribution in [3.63, 3.8) is 0 Å². The molecular weight excluding hydrogens is 284 g/mol. The number of carbonyl (C=O) groups is 1. The summed E-state index contributed by atoms with van der Waals surface area (Å²) in [6, 6.07) is 9.61. The lowest BCUT2D eigenvalue weighted by Crippen LogP contribution is -2.40. The lowest BCUT2D eigenvalue weighted by molar-refractivity contribution is 0.0486. The standard InChI is InChI=1S/C16H16N2O2S/c19-15(18-8-6-16(20)9-11(16)10-18)14-5-4-13(21-14)12-3-1-2-7-17-12/h1-5,7,11,20H,6,8-10H2/t11-,16+/m0/s1. The maximum atomic E-state index is 12.5. The van der Waals surface area contributed by atoms with E-state index in [0.29, 0.717) is 19.5 Å². The van der Waals surface area contributed by atoms with Crippen LogP contribution in [0.5, 0.6) is 0 Å². The molecule has 0 spiro atoms. The molecule has 4 nitrogen and oxygen atoms in total. The topological polar surface area (TPSA) is 53.4 Å². The number of amides is 1. The second-order valence-electron chi connectivity index (χ2n) is 5.88. The SMILES string of the molecule is O=C(c1ccc(-c2ccccn2)s1)N1CC[C@@]2(O)C[C@H]2C1. The van der Waals surface area contributed by atoms with Gasteiger partial charge < -0.3 is 10.0 Å². The van der Waals surface area contributed by atoms with Gasteiger partial charge in [-0.3, -0.25) is 9.78 Å². The normalized spacial score (nSPS) is 27.3. The molecule has 21 heavy (non-hydrogen) atoms. The second-order valence-corrected chi connectivity index (χ2v) is 6.97. The number of carbonyl (C=O) groups excluding carboxylic acids is 1. The maximum absolute atomic E-state index is 12.5. The van der Waals surface area contributed by atoms with E-state index in [4.69, 9.17) is 0 Å². The van der Waals surface area contributed by atoms with E-state index in [2.05, 4.69) is 4.98 Å². The number of piperidine rings is 1. The Labute approximate surface area is 127 Å². The highest BCUT2D eigenvalue weighted by Crippen LogP contribution is 2.49. The zero-order valence-corrected chi connectivity index (χ0v) is 12.3. The highest BCUT2D eigenvalue weighted by molar-refractivity contribution is 7.17. The molecule has 4 rings (SSSR count). The molecule has 2 fully saturated rings. The third-order valence-corrected chi connectivity index (χ3v) is 5.57. The van der Waals surface area contributed by atoms with E-state index in [-0.39, 0.29) is 11.8 Å². The van der Waals surface area contributed by atoms with E-state index in [9.17, 15) is 9.90 Å². The molecule has 1 N–H and O–H groups in total. The van der Waals surface area contributed by atoms with Gasteiger partial charge in [-0.25, -0.2) is 0 Å². The number of pyridine rings is 1. The average molecular weight is 300 g/mol. The van der Waals surface area contributed by atoms with Crippen molar-refractivity contribution in [2.24, 2.45) is 5.92 Å². The van der Waals surface area contributed by atoms with Gasteiger partial charge in [0.05, 0.1) is 21.0 Å². The Hall–Kier alpha value is -1.72. The van der Waals surface area contributed by atoms with Gasteiger partial charge in [0.2, 0.25) is 0 Å². The zero-order chi connectivity index (χ0) is 14.4. The molecule has 2 atom stereocenters. The van der Waals surface area contributed by atoms with Crippen molar-refractivity contribution in [1.29, 1.82) is 0 Å². The van der Waals surface area contributed by atoms with Crippen LogP contribution < -0.4 is 0 Å². The summed E-state index contributed by atoms with van der Waals surface area (Å²) >= 11 is 1.49. The van der Waals surface area contributed by atoms with Gasteiger partial charge in [-0.15, -0.1) is 11.3 Å². The third-order valence-electron chi connectivity index (χ3n) is 4.48. The first-order valence-electron chi connectivity index (χ1n) is 7.19. The molecule has 0 radical (unpaired) electrons. The van der Waals surface area contributed by atoms with Crippen molar-refractivity contribution < 1.29 is 9.90 Å². The van der Waals surface area contributed by atoms with Crippen molar-refractivity contribution in [3.05, 3.63) is 41.4 Å². The molecule has 0 bridgehead atoms. The van der Waals surface area contributed by atoms with E-state index in [0.717, 1.165) is 21.9 Å². The molecule has 1 saturated heterocycles. The quantitative estimate of drug-likeness (QED) is 0.926. The predicted molar refractivity (Wildman–Crippen MR) is 81.1 cm³/mol. The van der Waals surface area contributed by atoms with Crippen LogP contribution in [0.3, 0.4) is 0 Å². The molecule has 3 heterocycles. The minimum Gasteiger partial charge on any atom is -0.389 e.